The van der Waals surface area contributed by atoms with E-state index in [1.807, 2.05) is 12.1 Å². The number of methoxy groups -OCH3 is 1. The van der Waals surface area contributed by atoms with Gasteiger partial charge >= 0.3 is 0 Å². The summed E-state index contributed by atoms with van der Waals surface area (Å²) in [6.45, 7) is 2.03. The first kappa shape index (κ1) is 23.8. The van der Waals surface area contributed by atoms with Gasteiger partial charge in [0.1, 0.15) is 18.0 Å². The van der Waals surface area contributed by atoms with Crippen LogP contribution in [0.1, 0.15) is 39.0 Å². The number of benzene rings is 3. The number of halogens is 1. The molecule has 0 radical (unpaired) electrons. The fraction of sp³-hybridized carbons (Fsp3) is 0.138. The minimum Gasteiger partial charge on any atom is -0.493 e. The molecule has 1 aliphatic heterocycles. The van der Waals surface area contributed by atoms with Gasteiger partial charge in [0.05, 0.1) is 24.1 Å². The van der Waals surface area contributed by atoms with Crippen molar-refractivity contribution >= 4 is 34.3 Å². The van der Waals surface area contributed by atoms with E-state index in [-0.39, 0.29) is 22.6 Å². The standard InChI is InChI=1S/C29H21ClN2O6/c1-16-13-24(31-38-16)32-26(25-27(33)20-5-3-4-6-21(20)37-28(25)29(32)34)18-9-12-22(23(14-18)35-2)36-15-17-7-10-19(30)11-8-17/h3-14,26H,15H2,1-2H3. The van der Waals surface area contributed by atoms with Crippen LogP contribution in [0.5, 0.6) is 11.5 Å². The average Bonchev–Trinajstić information content (AvgIpc) is 3.49. The van der Waals surface area contributed by atoms with E-state index in [1.165, 1.54) is 12.0 Å². The molecule has 190 valence electrons. The molecule has 0 N–H and O–H groups in total. The highest BCUT2D eigenvalue weighted by atomic mass is 35.5. The molecule has 2 aromatic heterocycles. The van der Waals surface area contributed by atoms with Gasteiger partial charge in [0.2, 0.25) is 5.76 Å². The van der Waals surface area contributed by atoms with Crippen molar-refractivity contribution in [3.05, 3.63) is 116 Å². The predicted octanol–water partition coefficient (Wildman–Crippen LogP) is 6.08. The van der Waals surface area contributed by atoms with E-state index in [4.69, 9.17) is 30.0 Å². The van der Waals surface area contributed by atoms with Gasteiger partial charge in [0.15, 0.2) is 22.7 Å². The predicted molar refractivity (Wildman–Crippen MR) is 141 cm³/mol. The molecule has 1 atom stereocenters. The highest BCUT2D eigenvalue weighted by Crippen LogP contribution is 2.43. The van der Waals surface area contributed by atoms with Gasteiger partial charge in [-0.1, -0.05) is 47.1 Å². The number of anilines is 1. The van der Waals surface area contributed by atoms with Crippen LogP contribution in [0.4, 0.5) is 5.82 Å². The van der Waals surface area contributed by atoms with Crippen molar-refractivity contribution in [1.29, 1.82) is 0 Å². The zero-order valence-electron chi connectivity index (χ0n) is 20.4. The highest BCUT2D eigenvalue weighted by Gasteiger charge is 2.45. The number of hydrogen-bond acceptors (Lipinski definition) is 7. The molecule has 1 amide bonds. The Morgan fingerprint density at radius 1 is 1.00 bits per heavy atom. The molecular formula is C29H21ClN2O6. The molecule has 0 fully saturated rings. The highest BCUT2D eigenvalue weighted by molar-refractivity contribution is 6.30. The lowest BCUT2D eigenvalue weighted by Crippen LogP contribution is -2.29. The lowest BCUT2D eigenvalue weighted by molar-refractivity contribution is 0.0969. The SMILES string of the molecule is COc1cc(C2c3c(oc4ccccc4c3=O)C(=O)N2c2cc(C)on2)ccc1OCc1ccc(Cl)cc1. The lowest BCUT2D eigenvalue weighted by Gasteiger charge is -2.23. The van der Waals surface area contributed by atoms with E-state index in [0.717, 1.165) is 5.56 Å². The third-order valence-electron chi connectivity index (χ3n) is 6.45. The van der Waals surface area contributed by atoms with Gasteiger partial charge in [-0.15, -0.1) is 0 Å². The molecular weight excluding hydrogens is 508 g/mol. The molecule has 0 aliphatic carbocycles. The normalized spacial score (nSPS) is 14.7. The van der Waals surface area contributed by atoms with Gasteiger partial charge in [-0.05, 0) is 54.4 Å². The zero-order chi connectivity index (χ0) is 26.4. The number of carbonyl (C=O) groups is 1. The molecule has 0 saturated heterocycles. The summed E-state index contributed by atoms with van der Waals surface area (Å²) >= 11 is 5.97. The summed E-state index contributed by atoms with van der Waals surface area (Å²) < 4.78 is 22.9. The number of hydrogen-bond donors (Lipinski definition) is 0. The number of nitrogens with zero attached hydrogens (tertiary/aromatic N) is 2. The molecule has 1 unspecified atom stereocenters. The molecule has 6 rings (SSSR count). The number of carbonyl (C=O) groups excluding carboxylic acids is 1. The van der Waals surface area contributed by atoms with E-state index in [1.54, 1.807) is 67.6 Å². The minimum atomic E-state index is -0.818. The van der Waals surface area contributed by atoms with Crippen LogP contribution < -0.4 is 19.8 Å². The van der Waals surface area contributed by atoms with Gasteiger partial charge in [0.25, 0.3) is 5.91 Å². The lowest BCUT2D eigenvalue weighted by atomic mass is 9.98. The minimum absolute atomic E-state index is 0.0265. The molecule has 1 aliphatic rings. The maximum Gasteiger partial charge on any atom is 0.296 e. The van der Waals surface area contributed by atoms with Crippen LogP contribution in [0.15, 0.2) is 86.5 Å². The maximum absolute atomic E-state index is 13.7. The van der Waals surface area contributed by atoms with Crippen molar-refractivity contribution in [1.82, 2.24) is 5.16 Å². The van der Waals surface area contributed by atoms with Gasteiger partial charge in [-0.25, -0.2) is 0 Å². The van der Waals surface area contributed by atoms with Gasteiger partial charge < -0.3 is 18.4 Å². The second-order valence-electron chi connectivity index (χ2n) is 8.87. The Kier molecular flexibility index (Phi) is 5.88. The Hall–Kier alpha value is -4.56. The Morgan fingerprint density at radius 2 is 1.79 bits per heavy atom. The van der Waals surface area contributed by atoms with Crippen molar-refractivity contribution in [2.75, 3.05) is 12.0 Å². The van der Waals surface area contributed by atoms with Gasteiger partial charge in [-0.3, -0.25) is 14.5 Å². The smallest absolute Gasteiger partial charge is 0.296 e. The summed E-state index contributed by atoms with van der Waals surface area (Å²) in [6.07, 6.45) is 0. The molecule has 3 aromatic carbocycles. The van der Waals surface area contributed by atoms with E-state index < -0.39 is 11.9 Å². The molecule has 3 heterocycles. The molecule has 0 bridgehead atoms. The number of fused-ring (bicyclic) bond motifs is 2. The summed E-state index contributed by atoms with van der Waals surface area (Å²) in [5.74, 6) is 1.23. The van der Waals surface area contributed by atoms with Crippen LogP contribution >= 0.6 is 11.6 Å². The Morgan fingerprint density at radius 3 is 2.53 bits per heavy atom. The summed E-state index contributed by atoms with van der Waals surface area (Å²) in [7, 11) is 1.53. The summed E-state index contributed by atoms with van der Waals surface area (Å²) in [4.78, 5) is 28.7. The van der Waals surface area contributed by atoms with Crippen molar-refractivity contribution in [2.45, 2.75) is 19.6 Å². The number of para-hydroxylation sites is 1. The molecule has 8 nitrogen and oxygen atoms in total. The van der Waals surface area contributed by atoms with Crippen LogP contribution in [0.3, 0.4) is 0 Å². The number of rotatable bonds is 6. The van der Waals surface area contributed by atoms with Crippen molar-refractivity contribution < 1.29 is 23.2 Å². The average molecular weight is 529 g/mol. The van der Waals surface area contributed by atoms with Crippen LogP contribution in [0.2, 0.25) is 5.02 Å². The maximum atomic E-state index is 13.7. The van der Waals surface area contributed by atoms with Crippen molar-refractivity contribution in [3.8, 4) is 11.5 Å². The van der Waals surface area contributed by atoms with E-state index in [9.17, 15) is 9.59 Å². The third-order valence-corrected chi connectivity index (χ3v) is 6.70. The van der Waals surface area contributed by atoms with E-state index >= 15 is 0 Å². The summed E-state index contributed by atoms with van der Waals surface area (Å²) in [5, 5.41) is 5.09. The van der Waals surface area contributed by atoms with Crippen LogP contribution in [-0.4, -0.2) is 18.2 Å². The summed E-state index contributed by atoms with van der Waals surface area (Å²) in [5.41, 5.74) is 1.84. The van der Waals surface area contributed by atoms with Gasteiger partial charge in [-0.2, -0.15) is 0 Å². The fourth-order valence-corrected chi connectivity index (χ4v) is 4.78. The van der Waals surface area contributed by atoms with Crippen LogP contribution in [0, 0.1) is 6.92 Å². The number of amides is 1. The third kappa shape index (κ3) is 3.99. The van der Waals surface area contributed by atoms with Crippen molar-refractivity contribution in [3.63, 3.8) is 0 Å². The first-order valence-corrected chi connectivity index (χ1v) is 12.2. The fourth-order valence-electron chi connectivity index (χ4n) is 4.65. The zero-order valence-corrected chi connectivity index (χ0v) is 21.2. The first-order valence-electron chi connectivity index (χ1n) is 11.8. The molecule has 5 aromatic rings. The van der Waals surface area contributed by atoms with Crippen molar-refractivity contribution in [2.24, 2.45) is 0 Å². The second kappa shape index (κ2) is 9.39. The molecule has 38 heavy (non-hydrogen) atoms. The molecule has 0 spiro atoms. The topological polar surface area (TPSA) is 95.0 Å². The number of aryl methyl sites for hydroxylation is 1. The Bertz CT molecular complexity index is 1740. The quantitative estimate of drug-likeness (QED) is 0.263. The van der Waals surface area contributed by atoms with E-state index in [0.29, 0.717) is 45.4 Å². The number of aromatic nitrogens is 1. The molecule has 9 heteroatoms. The van der Waals surface area contributed by atoms with Gasteiger partial charge in [0, 0.05) is 11.1 Å². The Balaban J connectivity index is 1.45. The second-order valence-corrected chi connectivity index (χ2v) is 9.31. The van der Waals surface area contributed by atoms with Crippen LogP contribution in [0.25, 0.3) is 11.0 Å². The van der Waals surface area contributed by atoms with Crippen LogP contribution in [-0.2, 0) is 6.61 Å². The van der Waals surface area contributed by atoms with E-state index in [2.05, 4.69) is 5.16 Å². The summed E-state index contributed by atoms with van der Waals surface area (Å²) in [6, 6.07) is 20.3. The monoisotopic (exact) mass is 528 g/mol. The Labute approximate surface area is 221 Å². The first-order chi connectivity index (χ1) is 18.4. The number of ether oxygens (including phenoxy) is 2. The largest absolute Gasteiger partial charge is 0.493 e. The molecule has 0 saturated carbocycles.